The van der Waals surface area contributed by atoms with E-state index in [0.717, 1.165) is 48.4 Å². The molecule has 4 N–H and O–H groups in total. The molecular weight excluding hydrogens is 877 g/mol. The SMILES string of the molecule is C[C@H]1Oc2ccc(C#CCN3CCN(CC#Cc4ccc5c(c4)N(C)C(=O)[C@@H](NC(=O)c4n[nH]c(Cc6ccccc6)n4)CO5)CC3)cc2N(C)C(=O)[C@H]1NC(=O)c1n[nH]c(Cc2ccccc2)n1. The van der Waals surface area contributed by atoms with Crippen LogP contribution in [-0.2, 0) is 22.4 Å². The van der Waals surface area contributed by atoms with Crippen molar-refractivity contribution >= 4 is 35.0 Å². The highest BCUT2D eigenvalue weighted by atomic mass is 16.5. The van der Waals surface area contributed by atoms with Crippen molar-refractivity contribution in [1.29, 1.82) is 0 Å². The molecule has 3 aliphatic rings. The summed E-state index contributed by atoms with van der Waals surface area (Å²) in [6, 6.07) is 28.5. The molecule has 0 radical (unpaired) electrons. The van der Waals surface area contributed by atoms with Crippen LogP contribution in [0.4, 0.5) is 11.4 Å². The third-order valence-electron chi connectivity index (χ3n) is 12.1. The van der Waals surface area contributed by atoms with Crippen LogP contribution < -0.4 is 29.9 Å². The molecule has 0 spiro atoms. The lowest BCUT2D eigenvalue weighted by molar-refractivity contribution is -0.121. The van der Waals surface area contributed by atoms with Crippen molar-refractivity contribution in [1.82, 2.24) is 50.8 Å². The zero-order chi connectivity index (χ0) is 47.9. The lowest BCUT2D eigenvalue weighted by Crippen LogP contribution is -2.53. The highest BCUT2D eigenvalue weighted by molar-refractivity contribution is 6.03. The number of piperazine rings is 1. The van der Waals surface area contributed by atoms with E-state index in [1.807, 2.05) is 84.9 Å². The number of ether oxygens (including phenoxy) is 2. The van der Waals surface area contributed by atoms with Crippen LogP contribution in [0.5, 0.6) is 11.5 Å². The van der Waals surface area contributed by atoms with Gasteiger partial charge in [-0.2, -0.15) is 0 Å². The number of carbonyl (C=O) groups excluding carboxylic acids is 4. The second kappa shape index (κ2) is 20.7. The highest BCUT2D eigenvalue weighted by Crippen LogP contribution is 2.34. The predicted octanol–water partition coefficient (Wildman–Crippen LogP) is 2.82. The molecule has 0 unspecified atom stereocenters. The molecule has 1 saturated heterocycles. The summed E-state index contributed by atoms with van der Waals surface area (Å²) in [5, 5.41) is 19.3. The maximum atomic E-state index is 13.7. The maximum absolute atomic E-state index is 13.7. The Kier molecular flexibility index (Phi) is 13.7. The summed E-state index contributed by atoms with van der Waals surface area (Å²) in [4.78, 5) is 69.7. The van der Waals surface area contributed by atoms with Crippen molar-refractivity contribution in [3.8, 4) is 35.2 Å². The van der Waals surface area contributed by atoms with Crippen LogP contribution in [0.25, 0.3) is 0 Å². The number of aromatic amines is 2. The van der Waals surface area contributed by atoms with Gasteiger partial charge in [-0.1, -0.05) is 84.3 Å². The van der Waals surface area contributed by atoms with Crippen LogP contribution in [0, 0.1) is 23.7 Å². The Balaban J connectivity index is 0.731. The second-order valence-electron chi connectivity index (χ2n) is 17.0. The number of rotatable bonds is 10. The number of nitrogens with zero attached hydrogens (tertiary/aromatic N) is 8. The Morgan fingerprint density at radius 2 is 1.16 bits per heavy atom. The minimum absolute atomic E-state index is 0.0531. The number of H-pyrrole nitrogens is 2. The smallest absolute Gasteiger partial charge is 0.291 e. The number of hydrogen-bond donors (Lipinski definition) is 4. The largest absolute Gasteiger partial charge is 0.489 e. The Hall–Kier alpha value is -8.32. The Bertz CT molecular complexity index is 2980. The molecule has 4 aromatic carbocycles. The highest BCUT2D eigenvalue weighted by Gasteiger charge is 2.37. The third-order valence-corrected chi connectivity index (χ3v) is 12.1. The van der Waals surface area contributed by atoms with E-state index >= 15 is 0 Å². The number of amides is 4. The molecule has 0 bridgehead atoms. The lowest BCUT2D eigenvalue weighted by atomic mass is 10.1. The Morgan fingerprint density at radius 3 is 1.71 bits per heavy atom. The predicted molar refractivity (Wildman–Crippen MR) is 256 cm³/mol. The minimum Gasteiger partial charge on any atom is -0.489 e. The fourth-order valence-electron chi connectivity index (χ4n) is 8.18. The molecule has 6 aromatic rings. The van der Waals surface area contributed by atoms with Gasteiger partial charge in [-0.25, -0.2) is 9.97 Å². The number of nitrogens with one attached hydrogen (secondary N) is 4. The number of aromatic nitrogens is 6. The minimum atomic E-state index is -0.979. The van der Waals surface area contributed by atoms with Gasteiger partial charge in [0.2, 0.25) is 11.6 Å². The molecule has 18 heteroatoms. The van der Waals surface area contributed by atoms with Crippen LogP contribution >= 0.6 is 0 Å². The molecule has 9 rings (SSSR count). The fourth-order valence-corrected chi connectivity index (χ4v) is 8.18. The molecule has 69 heavy (non-hydrogen) atoms. The van der Waals surface area contributed by atoms with E-state index in [1.54, 1.807) is 33.2 Å². The molecule has 350 valence electrons. The summed E-state index contributed by atoms with van der Waals surface area (Å²) in [6.07, 6.45) is 0.303. The van der Waals surface area contributed by atoms with E-state index in [4.69, 9.17) is 9.47 Å². The van der Waals surface area contributed by atoms with Gasteiger partial charge in [0.25, 0.3) is 23.6 Å². The number of fused-ring (bicyclic) bond motifs is 2. The molecule has 18 nitrogen and oxygen atoms in total. The summed E-state index contributed by atoms with van der Waals surface area (Å²) in [5.41, 5.74) is 4.63. The van der Waals surface area contributed by atoms with Crippen LogP contribution in [0.15, 0.2) is 97.1 Å². The van der Waals surface area contributed by atoms with Crippen LogP contribution in [0.3, 0.4) is 0 Å². The number of hydrogen-bond acceptors (Lipinski definition) is 12. The van der Waals surface area contributed by atoms with Gasteiger partial charge in [-0.05, 0) is 54.4 Å². The van der Waals surface area contributed by atoms with Crippen LogP contribution in [-0.4, -0.2) is 142 Å². The zero-order valence-electron chi connectivity index (χ0n) is 38.4. The molecule has 4 amide bonds. The first-order valence-corrected chi connectivity index (χ1v) is 22.6. The van der Waals surface area contributed by atoms with Gasteiger partial charge in [-0.3, -0.25) is 39.2 Å². The molecule has 0 aliphatic carbocycles. The fraction of sp³-hybridized carbons (Fsp3) is 0.294. The second-order valence-corrected chi connectivity index (χ2v) is 17.0. The number of carbonyl (C=O) groups is 4. The Labute approximate surface area is 398 Å². The normalized spacial score (nSPS) is 18.2. The van der Waals surface area contributed by atoms with Gasteiger partial charge in [0.1, 0.15) is 47.9 Å². The first-order valence-electron chi connectivity index (χ1n) is 22.6. The monoisotopic (exact) mass is 926 g/mol. The first kappa shape index (κ1) is 45.8. The molecular formula is C51H50N12O6. The van der Waals surface area contributed by atoms with E-state index in [-0.39, 0.29) is 30.1 Å². The van der Waals surface area contributed by atoms with E-state index in [0.29, 0.717) is 60.5 Å². The average Bonchev–Trinajstić information content (AvgIpc) is 4.01. The third kappa shape index (κ3) is 10.9. The summed E-state index contributed by atoms with van der Waals surface area (Å²) < 4.78 is 12.2. The van der Waals surface area contributed by atoms with E-state index in [2.05, 4.69) is 74.5 Å². The maximum Gasteiger partial charge on any atom is 0.291 e. The quantitative estimate of drug-likeness (QED) is 0.147. The first-order chi connectivity index (χ1) is 33.5. The van der Waals surface area contributed by atoms with E-state index in [9.17, 15) is 19.2 Å². The molecule has 2 aromatic heterocycles. The van der Waals surface area contributed by atoms with Crippen molar-refractivity contribution in [2.45, 2.75) is 38.0 Å². The van der Waals surface area contributed by atoms with E-state index < -0.39 is 30.0 Å². The topological polar surface area (TPSA) is 207 Å². The van der Waals surface area contributed by atoms with Gasteiger partial charge in [0.15, 0.2) is 0 Å². The van der Waals surface area contributed by atoms with Crippen LogP contribution in [0.2, 0.25) is 0 Å². The van der Waals surface area contributed by atoms with Crippen molar-refractivity contribution in [2.24, 2.45) is 0 Å². The number of anilines is 2. The summed E-state index contributed by atoms with van der Waals surface area (Å²) in [7, 11) is 3.30. The van der Waals surface area contributed by atoms with E-state index in [1.165, 1.54) is 9.80 Å². The molecule has 5 heterocycles. The summed E-state index contributed by atoms with van der Waals surface area (Å²) in [5.74, 6) is 13.2. The standard InChI is InChI=1S/C51H50N12O6/c1-33-45(55-49(65)47-54-44(57-59-47)31-35-14-8-5-9-15-35)51(67)61(3)40-29-37(19-21-42(40)69-33)17-11-23-63-26-24-62(25-27-63)22-10-16-36-18-20-41-39(28-36)60(2)50(66)38(32-68-41)52-48(64)46-53-43(56-58-46)30-34-12-6-4-7-13-34/h4-9,12-15,18-21,28-29,33,38,45H,22-27,30-32H2,1-3H3,(H,52,64)(H,55,65)(H,53,56,58)(H,54,57,59)/t33-,38+,45+/m1/s1. The van der Waals surface area contributed by atoms with Crippen molar-refractivity contribution in [3.05, 3.63) is 143 Å². The number of likely N-dealkylation sites (N-methyl/N-ethyl adjacent to an activating group) is 2. The van der Waals surface area contributed by atoms with Crippen molar-refractivity contribution in [3.63, 3.8) is 0 Å². The number of benzene rings is 4. The van der Waals surface area contributed by atoms with Gasteiger partial charge in [0, 0.05) is 64.2 Å². The summed E-state index contributed by atoms with van der Waals surface area (Å²) >= 11 is 0. The molecule has 3 aliphatic heterocycles. The lowest BCUT2D eigenvalue weighted by Gasteiger charge is -2.32. The molecule has 3 atom stereocenters. The van der Waals surface area contributed by atoms with Crippen LogP contribution in [0.1, 0.15) is 62.1 Å². The average molecular weight is 927 g/mol. The molecule has 0 saturated carbocycles. The van der Waals surface area contributed by atoms with Crippen molar-refractivity contribution in [2.75, 3.05) is 69.8 Å². The van der Waals surface area contributed by atoms with Gasteiger partial charge in [0.05, 0.1) is 24.5 Å². The van der Waals surface area contributed by atoms with Gasteiger partial charge < -0.3 is 29.9 Å². The van der Waals surface area contributed by atoms with Gasteiger partial charge in [-0.15, -0.1) is 10.2 Å². The summed E-state index contributed by atoms with van der Waals surface area (Å²) in [6.45, 7) is 6.13. The molecule has 1 fully saturated rings. The zero-order valence-corrected chi connectivity index (χ0v) is 38.4. The van der Waals surface area contributed by atoms with Gasteiger partial charge >= 0.3 is 0 Å². The Morgan fingerprint density at radius 1 is 0.667 bits per heavy atom. The van der Waals surface area contributed by atoms with Crippen molar-refractivity contribution < 1.29 is 28.7 Å².